The lowest BCUT2D eigenvalue weighted by Gasteiger charge is -2.59. The van der Waals surface area contributed by atoms with Crippen molar-refractivity contribution < 1.29 is 38.8 Å². The van der Waals surface area contributed by atoms with Crippen LogP contribution in [0.5, 0.6) is 11.5 Å². The second-order valence-corrected chi connectivity index (χ2v) is 15.5. The molecule has 0 saturated heterocycles. The number of allylic oxidation sites excluding steroid dienone is 1. The summed E-state index contributed by atoms with van der Waals surface area (Å²) in [6, 6.07) is 21.2. The number of fused-ring (bicyclic) bond motifs is 2. The Kier molecular flexibility index (Phi) is 15.4. The standard InChI is InChI=1S/C47H61N3O8/c1-5-24-50(46(53)54-7-3)43-30-41(49-57-31-34-17-9-8-10-18-34)39-28-35(19-11-13-25-51)38(21-12-14-26-52)44-40-29-37(55-32-36-20-15-16-33(4)48-36)22-23-42(40)58-47(43,45(39)44)56-27-6-2/h6,8-10,15-18,20,22-23,28-29,35,38,43-45,51-52H,2,5,7,11-14,19,21,24-27,30-32H2,1,3-4H3. The summed E-state index contributed by atoms with van der Waals surface area (Å²) in [5, 5.41) is 24.7. The van der Waals surface area contributed by atoms with Crippen molar-refractivity contribution in [2.45, 2.75) is 103 Å². The summed E-state index contributed by atoms with van der Waals surface area (Å²) in [5.41, 5.74) is 5.46. The number of nitrogens with zero attached hydrogens (tertiary/aromatic N) is 3. The van der Waals surface area contributed by atoms with E-state index in [9.17, 15) is 15.0 Å². The first-order valence-electron chi connectivity index (χ1n) is 21.1. The molecule has 2 heterocycles. The van der Waals surface area contributed by atoms with Gasteiger partial charge in [-0.3, -0.25) is 9.88 Å². The number of aliphatic hydroxyl groups excluding tert-OH is 2. The molecule has 2 N–H and O–H groups in total. The van der Waals surface area contributed by atoms with Crippen molar-refractivity contribution in [3.63, 3.8) is 0 Å². The lowest BCUT2D eigenvalue weighted by Crippen LogP contribution is -2.70. The van der Waals surface area contributed by atoms with E-state index >= 15 is 0 Å². The van der Waals surface area contributed by atoms with Crippen LogP contribution in [0.25, 0.3) is 0 Å². The molecule has 2 aliphatic carbocycles. The van der Waals surface area contributed by atoms with Gasteiger partial charge >= 0.3 is 6.09 Å². The van der Waals surface area contributed by atoms with Crippen LogP contribution in [-0.4, -0.2) is 76.7 Å². The van der Waals surface area contributed by atoms with E-state index in [4.69, 9.17) is 28.9 Å². The molecule has 1 aliphatic heterocycles. The van der Waals surface area contributed by atoms with E-state index in [0.717, 1.165) is 59.5 Å². The van der Waals surface area contributed by atoms with Crippen LogP contribution in [0.2, 0.25) is 0 Å². The van der Waals surface area contributed by atoms with Gasteiger partial charge in [-0.1, -0.05) is 73.5 Å². The van der Waals surface area contributed by atoms with E-state index in [0.29, 0.717) is 50.3 Å². The molecule has 6 atom stereocenters. The lowest BCUT2D eigenvalue weighted by molar-refractivity contribution is -0.255. The zero-order valence-electron chi connectivity index (χ0n) is 34.4. The SMILES string of the molecule is C=CCOC12Oc3ccc(OCc4cccc(C)n4)cc3C3C(CCCCO)C(CCCCO)C=C(C(=NOCc4ccccc4)CC1N(CCC)C(=O)OCC)C32. The molecule has 0 spiro atoms. The number of rotatable bonds is 21. The smallest absolute Gasteiger partial charge is 0.410 e. The molecule has 312 valence electrons. The molecular weight excluding hydrogens is 735 g/mol. The van der Waals surface area contributed by atoms with Gasteiger partial charge in [0.05, 0.1) is 30.5 Å². The number of amides is 1. The molecular formula is C47H61N3O8. The van der Waals surface area contributed by atoms with E-state index < -0.39 is 23.8 Å². The summed E-state index contributed by atoms with van der Waals surface area (Å²) in [6.45, 7) is 11.5. The highest BCUT2D eigenvalue weighted by atomic mass is 16.7. The molecule has 1 saturated carbocycles. The van der Waals surface area contributed by atoms with Crippen molar-refractivity contribution in [3.05, 3.63) is 114 Å². The van der Waals surface area contributed by atoms with Crippen molar-refractivity contribution in [2.75, 3.05) is 33.0 Å². The van der Waals surface area contributed by atoms with E-state index in [-0.39, 0.29) is 50.8 Å². The molecule has 3 aromatic rings. The van der Waals surface area contributed by atoms with Crippen LogP contribution in [0.4, 0.5) is 4.79 Å². The van der Waals surface area contributed by atoms with Crippen LogP contribution < -0.4 is 9.47 Å². The molecule has 0 radical (unpaired) electrons. The fraction of sp³-hybridized carbons (Fsp3) is 0.511. The highest BCUT2D eigenvalue weighted by Crippen LogP contribution is 2.62. The van der Waals surface area contributed by atoms with Gasteiger partial charge in [-0.15, -0.1) is 6.58 Å². The Bertz CT molecular complexity index is 1870. The second-order valence-electron chi connectivity index (χ2n) is 15.5. The van der Waals surface area contributed by atoms with Crippen LogP contribution in [-0.2, 0) is 27.5 Å². The van der Waals surface area contributed by atoms with Crippen molar-refractivity contribution in [3.8, 4) is 11.5 Å². The predicted octanol–water partition coefficient (Wildman–Crippen LogP) is 8.67. The minimum atomic E-state index is -1.35. The Labute approximate surface area is 343 Å². The Balaban J connectivity index is 1.55. The normalized spacial score (nSPS) is 23.8. The molecule has 58 heavy (non-hydrogen) atoms. The fourth-order valence-corrected chi connectivity index (χ4v) is 9.16. The van der Waals surface area contributed by atoms with E-state index in [1.807, 2.05) is 81.4 Å². The molecule has 11 nitrogen and oxygen atoms in total. The Morgan fingerprint density at radius 2 is 1.81 bits per heavy atom. The Morgan fingerprint density at radius 1 is 1.02 bits per heavy atom. The van der Waals surface area contributed by atoms with Gasteiger partial charge in [0, 0.05) is 43.4 Å². The number of benzene rings is 2. The Hall–Kier alpha value is -4.71. The summed E-state index contributed by atoms with van der Waals surface area (Å²) in [6.07, 6.45) is 9.36. The largest absolute Gasteiger partial charge is 0.487 e. The molecule has 6 unspecified atom stereocenters. The van der Waals surface area contributed by atoms with Crippen molar-refractivity contribution in [1.82, 2.24) is 9.88 Å². The van der Waals surface area contributed by atoms with Gasteiger partial charge in [0.1, 0.15) is 30.8 Å². The molecule has 2 aromatic carbocycles. The number of unbranched alkanes of at least 4 members (excludes halogenated alkanes) is 2. The number of ether oxygens (including phenoxy) is 4. The van der Waals surface area contributed by atoms with Gasteiger partial charge in [0.25, 0.3) is 0 Å². The summed E-state index contributed by atoms with van der Waals surface area (Å²) in [5.74, 6) is -0.378. The monoisotopic (exact) mass is 795 g/mol. The number of carbonyl (C=O) groups excluding carboxylic acids is 1. The zero-order valence-corrected chi connectivity index (χ0v) is 34.4. The molecule has 11 heteroatoms. The van der Waals surface area contributed by atoms with Crippen LogP contribution in [0.3, 0.4) is 0 Å². The van der Waals surface area contributed by atoms with E-state index in [1.54, 1.807) is 11.0 Å². The summed E-state index contributed by atoms with van der Waals surface area (Å²) < 4.78 is 26.5. The lowest BCUT2D eigenvalue weighted by atomic mass is 9.55. The second kappa shape index (κ2) is 20.8. The van der Waals surface area contributed by atoms with E-state index in [1.165, 1.54) is 0 Å². The van der Waals surface area contributed by atoms with Crippen LogP contribution in [0.1, 0.15) is 93.6 Å². The average molecular weight is 796 g/mol. The van der Waals surface area contributed by atoms with Crippen LogP contribution in [0, 0.1) is 24.7 Å². The van der Waals surface area contributed by atoms with Gasteiger partial charge in [-0.05, 0) is 99.3 Å². The average Bonchev–Trinajstić information content (AvgIpc) is 3.23. The summed E-state index contributed by atoms with van der Waals surface area (Å²) >= 11 is 0. The molecule has 6 rings (SSSR count). The third-order valence-electron chi connectivity index (χ3n) is 11.6. The first-order chi connectivity index (χ1) is 28.4. The number of aliphatic hydroxyl groups is 2. The molecule has 1 aromatic heterocycles. The van der Waals surface area contributed by atoms with Gasteiger partial charge in [0.2, 0.25) is 5.79 Å². The van der Waals surface area contributed by atoms with Crippen molar-refractivity contribution in [2.24, 2.45) is 22.9 Å². The number of oxime groups is 1. The highest BCUT2D eigenvalue weighted by molar-refractivity contribution is 6.03. The number of hydrogen-bond donors (Lipinski definition) is 2. The minimum Gasteiger partial charge on any atom is -0.487 e. The van der Waals surface area contributed by atoms with E-state index in [2.05, 4.69) is 23.7 Å². The highest BCUT2D eigenvalue weighted by Gasteiger charge is 2.65. The molecule has 3 aliphatic rings. The molecule has 1 amide bonds. The Morgan fingerprint density at radius 3 is 2.53 bits per heavy atom. The maximum Gasteiger partial charge on any atom is 0.410 e. The zero-order chi connectivity index (χ0) is 40.9. The number of carbonyl (C=O) groups is 1. The number of pyridine rings is 1. The number of aryl methyl sites for hydroxylation is 1. The van der Waals surface area contributed by atoms with Crippen molar-refractivity contribution in [1.29, 1.82) is 0 Å². The van der Waals surface area contributed by atoms with Gasteiger partial charge in [-0.25, -0.2) is 4.79 Å². The third kappa shape index (κ3) is 9.76. The topological polar surface area (TPSA) is 132 Å². The summed E-state index contributed by atoms with van der Waals surface area (Å²) in [7, 11) is 0. The first kappa shape index (κ1) is 42.9. The van der Waals surface area contributed by atoms with Gasteiger partial charge in [-0.2, -0.15) is 0 Å². The fourth-order valence-electron chi connectivity index (χ4n) is 9.16. The quantitative estimate of drug-likeness (QED) is 0.0618. The molecule has 0 bridgehead atoms. The van der Waals surface area contributed by atoms with Crippen LogP contribution >= 0.6 is 0 Å². The maximum atomic E-state index is 14.0. The summed E-state index contributed by atoms with van der Waals surface area (Å²) in [4.78, 5) is 26.6. The number of aromatic nitrogens is 1. The van der Waals surface area contributed by atoms with Gasteiger partial charge < -0.3 is 34.0 Å². The molecule has 1 fully saturated rings. The number of hydrogen-bond acceptors (Lipinski definition) is 10. The van der Waals surface area contributed by atoms with Crippen LogP contribution in [0.15, 0.2) is 96.2 Å². The predicted molar refractivity (Wildman–Crippen MR) is 224 cm³/mol. The van der Waals surface area contributed by atoms with Gasteiger partial charge in [0.15, 0.2) is 0 Å². The first-order valence-corrected chi connectivity index (χ1v) is 21.1. The minimum absolute atomic E-state index is 0.0921. The van der Waals surface area contributed by atoms with Crippen molar-refractivity contribution >= 4 is 11.8 Å². The third-order valence-corrected chi connectivity index (χ3v) is 11.6. The maximum absolute atomic E-state index is 14.0.